The van der Waals surface area contributed by atoms with Gasteiger partial charge in [0.25, 0.3) is 0 Å². The van der Waals surface area contributed by atoms with Gasteiger partial charge in [-0.05, 0) is 32.0 Å². The van der Waals surface area contributed by atoms with Gasteiger partial charge in [0, 0.05) is 16.3 Å². The molecule has 0 aliphatic heterocycles. The molecule has 3 N–H and O–H groups in total. The third kappa shape index (κ3) is 3.13. The molecule has 1 rings (SSSR count). The highest BCUT2D eigenvalue weighted by Gasteiger charge is 2.27. The third-order valence-electron chi connectivity index (χ3n) is 2.14. The van der Waals surface area contributed by atoms with E-state index in [1.165, 1.54) is 23.9 Å². The Kier molecular flexibility index (Phi) is 3.80. The average Bonchev–Trinajstić information content (AvgIpc) is 2.16. The number of benzene rings is 1. The van der Waals surface area contributed by atoms with E-state index in [1.54, 1.807) is 19.9 Å². The predicted molar refractivity (Wildman–Crippen MR) is 63.0 cm³/mol. The highest BCUT2D eigenvalue weighted by molar-refractivity contribution is 7.99. The number of anilines is 1. The lowest BCUT2D eigenvalue weighted by Gasteiger charge is -2.18. The molecule has 0 saturated carbocycles. The van der Waals surface area contributed by atoms with E-state index in [1.807, 2.05) is 0 Å². The van der Waals surface area contributed by atoms with Crippen molar-refractivity contribution < 1.29 is 14.3 Å². The predicted octanol–water partition coefficient (Wildman–Crippen LogP) is 2.61. The molecule has 0 saturated heterocycles. The Morgan fingerprint density at radius 1 is 1.56 bits per heavy atom. The average molecular weight is 243 g/mol. The zero-order chi connectivity index (χ0) is 12.3. The van der Waals surface area contributed by atoms with Crippen molar-refractivity contribution in [3.05, 3.63) is 24.0 Å². The molecular weight excluding hydrogens is 229 g/mol. The van der Waals surface area contributed by atoms with Crippen LogP contribution < -0.4 is 5.73 Å². The topological polar surface area (TPSA) is 63.3 Å². The Labute approximate surface area is 97.8 Å². The molecule has 0 fully saturated rings. The van der Waals surface area contributed by atoms with Gasteiger partial charge in [0.15, 0.2) is 0 Å². The van der Waals surface area contributed by atoms with Crippen molar-refractivity contribution in [1.29, 1.82) is 0 Å². The monoisotopic (exact) mass is 243 g/mol. The second-order valence-electron chi connectivity index (χ2n) is 4.16. The van der Waals surface area contributed by atoms with Crippen LogP contribution in [0.3, 0.4) is 0 Å². The fourth-order valence-electron chi connectivity index (χ4n) is 0.971. The van der Waals surface area contributed by atoms with E-state index in [-0.39, 0.29) is 5.82 Å². The third-order valence-corrected chi connectivity index (χ3v) is 3.69. The quantitative estimate of drug-likeness (QED) is 0.630. The molecule has 88 valence electrons. The zero-order valence-electron chi connectivity index (χ0n) is 9.16. The molecule has 0 heterocycles. The van der Waals surface area contributed by atoms with Gasteiger partial charge in [0.05, 0.1) is 5.41 Å². The molecule has 3 nitrogen and oxygen atoms in total. The number of halogens is 1. The van der Waals surface area contributed by atoms with Crippen LogP contribution in [0.1, 0.15) is 13.8 Å². The summed E-state index contributed by atoms with van der Waals surface area (Å²) in [5, 5.41) is 8.93. The van der Waals surface area contributed by atoms with E-state index in [4.69, 9.17) is 10.8 Å². The Hall–Kier alpha value is -1.23. The van der Waals surface area contributed by atoms with Crippen molar-refractivity contribution in [3.63, 3.8) is 0 Å². The Balaban J connectivity index is 2.72. The first-order valence-corrected chi connectivity index (χ1v) is 5.73. The number of hydrogen-bond acceptors (Lipinski definition) is 3. The van der Waals surface area contributed by atoms with Gasteiger partial charge < -0.3 is 10.8 Å². The minimum Gasteiger partial charge on any atom is -0.481 e. The number of carbonyl (C=O) groups is 1. The van der Waals surface area contributed by atoms with Gasteiger partial charge >= 0.3 is 5.97 Å². The van der Waals surface area contributed by atoms with E-state index in [9.17, 15) is 9.18 Å². The van der Waals surface area contributed by atoms with Gasteiger partial charge in [-0.15, -0.1) is 11.8 Å². The summed E-state index contributed by atoms with van der Waals surface area (Å²) in [6, 6.07) is 4.11. The molecule has 0 atom stereocenters. The number of thioether (sulfide) groups is 1. The molecule has 0 amide bonds. The van der Waals surface area contributed by atoms with Crippen molar-refractivity contribution in [2.75, 3.05) is 11.5 Å². The summed E-state index contributed by atoms with van der Waals surface area (Å²) in [5.74, 6) is -0.863. The SMILES string of the molecule is CC(C)(CSc1ccc(F)cc1N)C(=O)O. The Bertz CT molecular complexity index is 407. The fraction of sp³-hybridized carbons (Fsp3) is 0.364. The summed E-state index contributed by atoms with van der Waals surface area (Å²) in [4.78, 5) is 11.6. The van der Waals surface area contributed by atoms with Crippen LogP contribution in [0.15, 0.2) is 23.1 Å². The van der Waals surface area contributed by atoms with E-state index in [0.29, 0.717) is 16.3 Å². The molecule has 1 aromatic rings. The van der Waals surface area contributed by atoms with Crippen molar-refractivity contribution in [1.82, 2.24) is 0 Å². The lowest BCUT2D eigenvalue weighted by Crippen LogP contribution is -2.26. The maximum absolute atomic E-state index is 12.8. The van der Waals surface area contributed by atoms with Crippen molar-refractivity contribution in [2.24, 2.45) is 5.41 Å². The smallest absolute Gasteiger partial charge is 0.309 e. The van der Waals surface area contributed by atoms with E-state index < -0.39 is 11.4 Å². The molecule has 0 unspecified atom stereocenters. The summed E-state index contributed by atoms with van der Waals surface area (Å²) in [6.45, 7) is 3.28. The van der Waals surface area contributed by atoms with Crippen molar-refractivity contribution in [2.45, 2.75) is 18.7 Å². The van der Waals surface area contributed by atoms with E-state index in [0.717, 1.165) is 0 Å². The molecule has 0 aliphatic carbocycles. The highest BCUT2D eigenvalue weighted by atomic mass is 32.2. The number of carboxylic acids is 1. The summed E-state index contributed by atoms with van der Waals surface area (Å²) in [7, 11) is 0. The van der Waals surface area contributed by atoms with Crippen molar-refractivity contribution in [3.8, 4) is 0 Å². The van der Waals surface area contributed by atoms with E-state index >= 15 is 0 Å². The van der Waals surface area contributed by atoms with Crippen molar-refractivity contribution >= 4 is 23.4 Å². The maximum Gasteiger partial charge on any atom is 0.309 e. The minimum atomic E-state index is -0.860. The number of nitrogen functional groups attached to an aromatic ring is 1. The van der Waals surface area contributed by atoms with Gasteiger partial charge in [-0.1, -0.05) is 0 Å². The summed E-state index contributed by atoms with van der Waals surface area (Å²) in [6.07, 6.45) is 0. The molecule has 0 aromatic heterocycles. The fourth-order valence-corrected chi connectivity index (χ4v) is 2.00. The lowest BCUT2D eigenvalue weighted by atomic mass is 9.97. The largest absolute Gasteiger partial charge is 0.481 e. The number of aliphatic carboxylic acids is 1. The molecule has 0 bridgehead atoms. The first kappa shape index (κ1) is 12.8. The first-order valence-electron chi connectivity index (χ1n) is 4.74. The first-order chi connectivity index (χ1) is 7.33. The van der Waals surface area contributed by atoms with Crippen LogP contribution in [0.2, 0.25) is 0 Å². The van der Waals surface area contributed by atoms with Crippen LogP contribution in [-0.2, 0) is 4.79 Å². The molecule has 0 radical (unpaired) electrons. The molecule has 16 heavy (non-hydrogen) atoms. The van der Waals surface area contributed by atoms with Gasteiger partial charge in [0.1, 0.15) is 5.82 Å². The second kappa shape index (κ2) is 4.74. The van der Waals surface area contributed by atoms with Crippen LogP contribution in [0.25, 0.3) is 0 Å². The van der Waals surface area contributed by atoms with Crippen LogP contribution >= 0.6 is 11.8 Å². The highest BCUT2D eigenvalue weighted by Crippen LogP contribution is 2.31. The Morgan fingerprint density at radius 3 is 2.69 bits per heavy atom. The molecule has 5 heteroatoms. The number of hydrogen-bond donors (Lipinski definition) is 2. The lowest BCUT2D eigenvalue weighted by molar-refractivity contribution is -0.145. The summed E-state index contributed by atoms with van der Waals surface area (Å²) < 4.78 is 12.8. The molecule has 1 aromatic carbocycles. The number of carboxylic acid groups (broad SMARTS) is 1. The van der Waals surface area contributed by atoms with Gasteiger partial charge in [-0.25, -0.2) is 4.39 Å². The number of rotatable bonds is 4. The molecule has 0 spiro atoms. The normalized spacial score (nSPS) is 11.4. The Morgan fingerprint density at radius 2 is 2.19 bits per heavy atom. The van der Waals surface area contributed by atoms with Crippen LogP contribution in [0.5, 0.6) is 0 Å². The van der Waals surface area contributed by atoms with Gasteiger partial charge in [-0.3, -0.25) is 4.79 Å². The van der Waals surface area contributed by atoms with Crippen LogP contribution in [0.4, 0.5) is 10.1 Å². The summed E-state index contributed by atoms with van der Waals surface area (Å²) >= 11 is 1.32. The van der Waals surface area contributed by atoms with Gasteiger partial charge in [-0.2, -0.15) is 0 Å². The minimum absolute atomic E-state index is 0.339. The molecular formula is C11H14FNO2S. The zero-order valence-corrected chi connectivity index (χ0v) is 9.97. The van der Waals surface area contributed by atoms with E-state index in [2.05, 4.69) is 0 Å². The maximum atomic E-state index is 12.8. The van der Waals surface area contributed by atoms with Crippen LogP contribution in [-0.4, -0.2) is 16.8 Å². The second-order valence-corrected chi connectivity index (χ2v) is 5.18. The van der Waals surface area contributed by atoms with Gasteiger partial charge in [0.2, 0.25) is 0 Å². The standard InChI is InChI=1S/C11H14FNO2S/c1-11(2,10(14)15)6-16-9-4-3-7(12)5-8(9)13/h3-5H,6,13H2,1-2H3,(H,14,15). The molecule has 0 aliphatic rings. The summed E-state index contributed by atoms with van der Waals surface area (Å²) in [5.41, 5.74) is 5.13. The number of nitrogens with two attached hydrogens (primary N) is 1. The van der Waals surface area contributed by atoms with Crippen LogP contribution in [0, 0.1) is 11.2 Å².